The van der Waals surface area contributed by atoms with Crippen LogP contribution in [-0.2, 0) is 0 Å². The zero-order chi connectivity index (χ0) is 10.8. The standard InChI is InChI=1S/C12H7Br3/c13-8-5-6-10(12(15)7-8)9-3-1-2-4-11(9)14/h1-7H. The molecule has 0 heterocycles. The second kappa shape index (κ2) is 4.81. The first-order valence-corrected chi connectivity index (χ1v) is 6.76. The van der Waals surface area contributed by atoms with Gasteiger partial charge in [-0.1, -0.05) is 72.1 Å². The molecule has 0 amide bonds. The van der Waals surface area contributed by atoms with Gasteiger partial charge in [-0.05, 0) is 29.3 Å². The Bertz CT molecular complexity index is 492. The third-order valence-corrected chi connectivity index (χ3v) is 3.94. The molecule has 0 aromatic heterocycles. The van der Waals surface area contributed by atoms with Gasteiger partial charge in [0.2, 0.25) is 0 Å². The van der Waals surface area contributed by atoms with Crippen molar-refractivity contribution in [3.8, 4) is 11.1 Å². The molecule has 0 radical (unpaired) electrons. The number of hydrogen-bond acceptors (Lipinski definition) is 0. The van der Waals surface area contributed by atoms with Gasteiger partial charge in [-0.15, -0.1) is 0 Å². The number of hydrogen-bond donors (Lipinski definition) is 0. The molecule has 0 saturated heterocycles. The Morgan fingerprint density at radius 1 is 0.667 bits per heavy atom. The maximum absolute atomic E-state index is 3.57. The second-order valence-electron chi connectivity index (χ2n) is 3.10. The van der Waals surface area contributed by atoms with E-state index in [1.807, 2.05) is 24.3 Å². The molecule has 0 fully saturated rings. The van der Waals surface area contributed by atoms with Crippen molar-refractivity contribution in [2.24, 2.45) is 0 Å². The Balaban J connectivity index is 2.60. The first kappa shape index (κ1) is 11.4. The molecule has 2 aromatic rings. The smallest absolute Gasteiger partial charge is 0.0265 e. The van der Waals surface area contributed by atoms with Gasteiger partial charge in [0.1, 0.15) is 0 Å². The van der Waals surface area contributed by atoms with Crippen molar-refractivity contribution >= 4 is 47.8 Å². The first-order valence-electron chi connectivity index (χ1n) is 4.38. The van der Waals surface area contributed by atoms with E-state index in [1.165, 1.54) is 11.1 Å². The van der Waals surface area contributed by atoms with E-state index in [0.717, 1.165) is 13.4 Å². The molecule has 0 aliphatic carbocycles. The van der Waals surface area contributed by atoms with Crippen LogP contribution in [0.5, 0.6) is 0 Å². The Hall–Kier alpha value is -0.120. The number of benzene rings is 2. The van der Waals surface area contributed by atoms with Crippen molar-refractivity contribution in [2.45, 2.75) is 0 Å². The Morgan fingerprint density at radius 2 is 1.33 bits per heavy atom. The summed E-state index contributed by atoms with van der Waals surface area (Å²) >= 11 is 10.6. The van der Waals surface area contributed by atoms with Gasteiger partial charge in [0.05, 0.1) is 0 Å². The SMILES string of the molecule is Brc1ccc(-c2ccccc2Br)c(Br)c1. The molecule has 0 aliphatic rings. The molecule has 0 atom stereocenters. The predicted octanol–water partition coefficient (Wildman–Crippen LogP) is 5.64. The molecule has 0 nitrogen and oxygen atoms in total. The molecule has 76 valence electrons. The Morgan fingerprint density at radius 3 is 2.00 bits per heavy atom. The van der Waals surface area contributed by atoms with Gasteiger partial charge in [-0.2, -0.15) is 0 Å². The highest BCUT2D eigenvalue weighted by Crippen LogP contribution is 2.34. The van der Waals surface area contributed by atoms with Crippen molar-refractivity contribution in [3.63, 3.8) is 0 Å². The lowest BCUT2D eigenvalue weighted by atomic mass is 10.1. The van der Waals surface area contributed by atoms with Crippen LogP contribution in [0.25, 0.3) is 11.1 Å². The fourth-order valence-corrected chi connectivity index (χ4v) is 3.15. The molecular formula is C12H7Br3. The largest absolute Gasteiger partial charge is 0.0616 e. The predicted molar refractivity (Wildman–Crippen MR) is 75.0 cm³/mol. The second-order valence-corrected chi connectivity index (χ2v) is 5.73. The summed E-state index contributed by atoms with van der Waals surface area (Å²) in [6.07, 6.45) is 0. The molecule has 0 N–H and O–H groups in total. The van der Waals surface area contributed by atoms with Crippen molar-refractivity contribution in [1.82, 2.24) is 0 Å². The molecule has 2 aromatic carbocycles. The summed E-state index contributed by atoms with van der Waals surface area (Å²) < 4.78 is 3.27. The summed E-state index contributed by atoms with van der Waals surface area (Å²) in [5, 5.41) is 0. The van der Waals surface area contributed by atoms with Gasteiger partial charge in [-0.25, -0.2) is 0 Å². The minimum absolute atomic E-state index is 1.07. The topological polar surface area (TPSA) is 0 Å². The molecule has 3 heteroatoms. The van der Waals surface area contributed by atoms with Gasteiger partial charge < -0.3 is 0 Å². The van der Waals surface area contributed by atoms with Crippen LogP contribution >= 0.6 is 47.8 Å². The minimum atomic E-state index is 1.07. The van der Waals surface area contributed by atoms with E-state index >= 15 is 0 Å². The maximum Gasteiger partial charge on any atom is 0.0265 e. The molecule has 2 rings (SSSR count). The zero-order valence-corrected chi connectivity index (χ0v) is 12.4. The highest BCUT2D eigenvalue weighted by atomic mass is 79.9. The zero-order valence-electron chi connectivity index (χ0n) is 7.68. The van der Waals surface area contributed by atoms with E-state index in [4.69, 9.17) is 0 Å². The van der Waals surface area contributed by atoms with Gasteiger partial charge in [-0.3, -0.25) is 0 Å². The Kier molecular flexibility index (Phi) is 3.65. The van der Waals surface area contributed by atoms with Crippen molar-refractivity contribution < 1.29 is 0 Å². The summed E-state index contributed by atoms with van der Waals surface area (Å²) in [5.74, 6) is 0. The lowest BCUT2D eigenvalue weighted by Gasteiger charge is -2.07. The minimum Gasteiger partial charge on any atom is -0.0616 e. The van der Waals surface area contributed by atoms with E-state index in [1.54, 1.807) is 0 Å². The van der Waals surface area contributed by atoms with Gasteiger partial charge in [0, 0.05) is 13.4 Å². The van der Waals surface area contributed by atoms with Crippen LogP contribution in [-0.4, -0.2) is 0 Å². The van der Waals surface area contributed by atoms with Crippen molar-refractivity contribution in [2.75, 3.05) is 0 Å². The third-order valence-electron chi connectivity index (χ3n) is 2.10. The number of rotatable bonds is 1. The van der Waals surface area contributed by atoms with Gasteiger partial charge in [0.25, 0.3) is 0 Å². The molecule has 15 heavy (non-hydrogen) atoms. The van der Waals surface area contributed by atoms with Crippen LogP contribution in [0.3, 0.4) is 0 Å². The van der Waals surface area contributed by atoms with Crippen LogP contribution in [0, 0.1) is 0 Å². The van der Waals surface area contributed by atoms with Gasteiger partial charge >= 0.3 is 0 Å². The molecule has 0 spiro atoms. The fraction of sp³-hybridized carbons (Fsp3) is 0. The number of halogens is 3. The molecule has 0 bridgehead atoms. The first-order chi connectivity index (χ1) is 7.18. The van der Waals surface area contributed by atoms with Crippen molar-refractivity contribution in [3.05, 3.63) is 55.9 Å². The summed E-state index contributed by atoms with van der Waals surface area (Å²) in [7, 11) is 0. The monoisotopic (exact) mass is 388 g/mol. The summed E-state index contributed by atoms with van der Waals surface area (Å²) in [4.78, 5) is 0. The maximum atomic E-state index is 3.57. The highest BCUT2D eigenvalue weighted by Gasteiger charge is 2.06. The quantitative estimate of drug-likeness (QED) is 0.591. The molecule has 0 unspecified atom stereocenters. The van der Waals surface area contributed by atoms with Gasteiger partial charge in [0.15, 0.2) is 0 Å². The Labute approximate surface area is 114 Å². The molecular weight excluding hydrogens is 384 g/mol. The van der Waals surface area contributed by atoms with Crippen molar-refractivity contribution in [1.29, 1.82) is 0 Å². The normalized spacial score (nSPS) is 10.3. The van der Waals surface area contributed by atoms with Crippen LogP contribution in [0.4, 0.5) is 0 Å². The summed E-state index contributed by atoms with van der Waals surface area (Å²) in [6.45, 7) is 0. The van der Waals surface area contributed by atoms with Crippen LogP contribution in [0.1, 0.15) is 0 Å². The van der Waals surface area contributed by atoms with E-state index in [0.29, 0.717) is 0 Å². The summed E-state index contributed by atoms with van der Waals surface area (Å²) in [6, 6.07) is 14.4. The fourth-order valence-electron chi connectivity index (χ4n) is 1.39. The van der Waals surface area contributed by atoms with E-state index < -0.39 is 0 Å². The summed E-state index contributed by atoms with van der Waals surface area (Å²) in [5.41, 5.74) is 2.38. The average molecular weight is 391 g/mol. The van der Waals surface area contributed by atoms with Crippen LogP contribution in [0.15, 0.2) is 55.9 Å². The molecule has 0 saturated carbocycles. The lowest BCUT2D eigenvalue weighted by Crippen LogP contribution is -1.81. The van der Waals surface area contributed by atoms with Crippen LogP contribution in [0.2, 0.25) is 0 Å². The van der Waals surface area contributed by atoms with E-state index in [-0.39, 0.29) is 0 Å². The van der Waals surface area contributed by atoms with E-state index in [9.17, 15) is 0 Å². The lowest BCUT2D eigenvalue weighted by molar-refractivity contribution is 1.54. The van der Waals surface area contributed by atoms with Crippen LogP contribution < -0.4 is 0 Å². The van der Waals surface area contributed by atoms with E-state index in [2.05, 4.69) is 66.0 Å². The highest BCUT2D eigenvalue weighted by molar-refractivity contribution is 9.11. The average Bonchev–Trinajstić information content (AvgIpc) is 2.20. The third kappa shape index (κ3) is 2.52. The molecule has 0 aliphatic heterocycles.